The van der Waals surface area contributed by atoms with Crippen molar-refractivity contribution in [2.45, 2.75) is 6.92 Å². The van der Waals surface area contributed by atoms with Crippen molar-refractivity contribution in [2.24, 2.45) is 0 Å². The zero-order valence-corrected chi connectivity index (χ0v) is 14.0. The van der Waals surface area contributed by atoms with Crippen LogP contribution in [0.25, 0.3) is 33.2 Å². The first-order valence-corrected chi connectivity index (χ1v) is 8.35. The Morgan fingerprint density at radius 1 is 0.800 bits per heavy atom. The Kier molecular flexibility index (Phi) is 3.80. The Morgan fingerprint density at radius 3 is 1.92 bits per heavy atom. The van der Waals surface area contributed by atoms with E-state index in [2.05, 4.69) is 55.5 Å². The van der Waals surface area contributed by atoms with Gasteiger partial charge in [0, 0.05) is 0 Å². The average molecular weight is 319 g/mol. The first-order chi connectivity index (χ1) is 12.3. The van der Waals surface area contributed by atoms with Crippen molar-refractivity contribution in [1.82, 2.24) is 0 Å². The second kappa shape index (κ2) is 6.26. The van der Waals surface area contributed by atoms with Crippen LogP contribution in [0.2, 0.25) is 0 Å². The lowest BCUT2D eigenvalue weighted by atomic mass is 9.94. The molecule has 0 heterocycles. The fourth-order valence-corrected chi connectivity index (χ4v) is 3.26. The van der Waals surface area contributed by atoms with Gasteiger partial charge in [-0.15, -0.1) is 0 Å². The van der Waals surface area contributed by atoms with Gasteiger partial charge in [-0.3, -0.25) is 0 Å². The molecule has 4 aromatic rings. The maximum Gasteiger partial charge on any atom is 0.0998 e. The number of nitrogens with zero attached hydrogens (tertiary/aromatic N) is 1. The number of allylic oxidation sites excluding steroid dienone is 1. The smallest absolute Gasteiger partial charge is 0.0998 e. The summed E-state index contributed by atoms with van der Waals surface area (Å²) < 4.78 is 0. The molecular formula is C24H17N. The second-order valence-corrected chi connectivity index (χ2v) is 6.27. The SMILES string of the molecule is Cc1ccc(/C(C#N)=C/c2c3ccccc3cc3ccccc23)cc1. The normalized spacial score (nSPS) is 11.6. The molecule has 0 amide bonds. The summed E-state index contributed by atoms with van der Waals surface area (Å²) in [4.78, 5) is 0. The predicted octanol–water partition coefficient (Wildman–Crippen LogP) is 6.37. The lowest BCUT2D eigenvalue weighted by Crippen LogP contribution is -1.87. The molecule has 0 atom stereocenters. The molecule has 0 aromatic heterocycles. The van der Waals surface area contributed by atoms with Gasteiger partial charge < -0.3 is 0 Å². The van der Waals surface area contributed by atoms with Crippen LogP contribution < -0.4 is 0 Å². The predicted molar refractivity (Wildman–Crippen MR) is 106 cm³/mol. The fourth-order valence-electron chi connectivity index (χ4n) is 3.26. The summed E-state index contributed by atoms with van der Waals surface area (Å²) in [5.41, 5.74) is 3.93. The summed E-state index contributed by atoms with van der Waals surface area (Å²) in [5.74, 6) is 0. The summed E-state index contributed by atoms with van der Waals surface area (Å²) in [6.07, 6.45) is 2.02. The van der Waals surface area contributed by atoms with E-state index in [1.54, 1.807) is 0 Å². The van der Waals surface area contributed by atoms with Crippen LogP contribution in [0.1, 0.15) is 16.7 Å². The van der Waals surface area contributed by atoms with Crippen LogP contribution in [0.5, 0.6) is 0 Å². The molecule has 0 fully saturated rings. The van der Waals surface area contributed by atoms with Gasteiger partial charge in [-0.1, -0.05) is 78.4 Å². The quantitative estimate of drug-likeness (QED) is 0.239. The number of nitriles is 1. The van der Waals surface area contributed by atoms with Gasteiger partial charge in [0.1, 0.15) is 0 Å². The molecule has 0 aliphatic rings. The van der Waals surface area contributed by atoms with Gasteiger partial charge in [0.15, 0.2) is 0 Å². The minimum Gasteiger partial charge on any atom is -0.192 e. The monoisotopic (exact) mass is 319 g/mol. The van der Waals surface area contributed by atoms with E-state index in [9.17, 15) is 5.26 Å². The third kappa shape index (κ3) is 2.79. The van der Waals surface area contributed by atoms with E-state index < -0.39 is 0 Å². The largest absolute Gasteiger partial charge is 0.192 e. The molecule has 0 bridgehead atoms. The van der Waals surface area contributed by atoms with Crippen LogP contribution in [0.4, 0.5) is 0 Å². The summed E-state index contributed by atoms with van der Waals surface area (Å²) in [5, 5.41) is 14.4. The number of fused-ring (bicyclic) bond motifs is 2. The first kappa shape index (κ1) is 15.2. The third-order valence-corrected chi connectivity index (χ3v) is 4.58. The summed E-state index contributed by atoms with van der Waals surface area (Å²) >= 11 is 0. The molecule has 0 aliphatic heterocycles. The van der Waals surface area contributed by atoms with Crippen molar-refractivity contribution < 1.29 is 0 Å². The van der Waals surface area contributed by atoms with Crippen LogP contribution in [0.3, 0.4) is 0 Å². The zero-order valence-electron chi connectivity index (χ0n) is 14.0. The number of rotatable bonds is 2. The Morgan fingerprint density at radius 2 is 1.36 bits per heavy atom. The fraction of sp³-hybridized carbons (Fsp3) is 0.0417. The molecule has 4 rings (SSSR count). The molecule has 0 N–H and O–H groups in total. The number of aryl methyl sites for hydroxylation is 1. The van der Waals surface area contributed by atoms with Crippen LogP contribution in [-0.2, 0) is 0 Å². The Hall–Kier alpha value is -3.37. The number of hydrogen-bond donors (Lipinski definition) is 0. The second-order valence-electron chi connectivity index (χ2n) is 6.27. The highest BCUT2D eigenvalue weighted by Crippen LogP contribution is 2.31. The lowest BCUT2D eigenvalue weighted by molar-refractivity contribution is 1.45. The topological polar surface area (TPSA) is 23.8 Å². The molecule has 25 heavy (non-hydrogen) atoms. The minimum atomic E-state index is 0.682. The van der Waals surface area contributed by atoms with Crippen molar-refractivity contribution in [3.63, 3.8) is 0 Å². The van der Waals surface area contributed by atoms with E-state index in [-0.39, 0.29) is 0 Å². The summed E-state index contributed by atoms with van der Waals surface area (Å²) in [7, 11) is 0. The van der Waals surface area contributed by atoms with E-state index in [1.165, 1.54) is 27.1 Å². The molecule has 0 unspecified atom stereocenters. The minimum absolute atomic E-state index is 0.682. The van der Waals surface area contributed by atoms with Crippen molar-refractivity contribution >= 4 is 33.2 Å². The van der Waals surface area contributed by atoms with E-state index in [0.717, 1.165) is 11.1 Å². The van der Waals surface area contributed by atoms with Gasteiger partial charge in [-0.2, -0.15) is 5.26 Å². The molecule has 118 valence electrons. The number of benzene rings is 4. The van der Waals surface area contributed by atoms with Crippen LogP contribution in [0.15, 0.2) is 78.9 Å². The average Bonchev–Trinajstić information content (AvgIpc) is 2.66. The molecule has 0 spiro atoms. The van der Waals surface area contributed by atoms with Crippen LogP contribution >= 0.6 is 0 Å². The van der Waals surface area contributed by atoms with Gasteiger partial charge >= 0.3 is 0 Å². The van der Waals surface area contributed by atoms with Crippen molar-refractivity contribution in [3.8, 4) is 6.07 Å². The highest BCUT2D eigenvalue weighted by Gasteiger charge is 2.08. The summed E-state index contributed by atoms with van der Waals surface area (Å²) in [6.45, 7) is 2.05. The lowest BCUT2D eigenvalue weighted by Gasteiger charge is -2.09. The summed E-state index contributed by atoms with van der Waals surface area (Å²) in [6, 6.07) is 29.4. The standard InChI is InChI=1S/C24H17N/c1-17-10-12-18(13-11-17)21(16-25)15-24-22-8-4-2-6-19(22)14-20-7-3-5-9-23(20)24/h2-15H,1H3/b21-15+. The van der Waals surface area contributed by atoms with E-state index >= 15 is 0 Å². The Bertz CT molecular complexity index is 1090. The van der Waals surface area contributed by atoms with Gasteiger partial charge in [0.25, 0.3) is 0 Å². The molecular weight excluding hydrogens is 302 g/mol. The third-order valence-electron chi connectivity index (χ3n) is 4.58. The molecule has 4 aromatic carbocycles. The van der Waals surface area contributed by atoms with Crippen molar-refractivity contribution in [2.75, 3.05) is 0 Å². The Labute approximate surface area is 147 Å². The van der Waals surface area contributed by atoms with E-state index in [1.807, 2.05) is 42.5 Å². The molecule has 0 radical (unpaired) electrons. The van der Waals surface area contributed by atoms with Gasteiger partial charge in [0.2, 0.25) is 0 Å². The van der Waals surface area contributed by atoms with E-state index in [4.69, 9.17) is 0 Å². The Balaban J connectivity index is 2.03. The maximum absolute atomic E-state index is 9.74. The molecule has 0 saturated heterocycles. The van der Waals surface area contributed by atoms with Crippen molar-refractivity contribution in [3.05, 3.63) is 95.6 Å². The van der Waals surface area contributed by atoms with Gasteiger partial charge in [-0.05, 0) is 51.7 Å². The highest BCUT2D eigenvalue weighted by atomic mass is 14.2. The van der Waals surface area contributed by atoms with Gasteiger partial charge in [0.05, 0.1) is 11.6 Å². The molecule has 1 nitrogen and oxygen atoms in total. The van der Waals surface area contributed by atoms with Gasteiger partial charge in [-0.25, -0.2) is 0 Å². The number of hydrogen-bond acceptors (Lipinski definition) is 1. The molecule has 1 heteroatoms. The zero-order chi connectivity index (χ0) is 17.2. The van der Waals surface area contributed by atoms with Crippen molar-refractivity contribution in [1.29, 1.82) is 5.26 Å². The maximum atomic E-state index is 9.74. The molecule has 0 aliphatic carbocycles. The molecule has 0 saturated carbocycles. The van der Waals surface area contributed by atoms with E-state index in [0.29, 0.717) is 5.57 Å². The van der Waals surface area contributed by atoms with Crippen LogP contribution in [0, 0.1) is 18.3 Å². The van der Waals surface area contributed by atoms with Crippen LogP contribution in [-0.4, -0.2) is 0 Å². The first-order valence-electron chi connectivity index (χ1n) is 8.35. The highest BCUT2D eigenvalue weighted by molar-refractivity contribution is 6.10.